The fourth-order valence-corrected chi connectivity index (χ4v) is 3.43. The van der Waals surface area contributed by atoms with Crippen LogP contribution >= 0.6 is 0 Å². The molecule has 0 aromatic heterocycles. The summed E-state index contributed by atoms with van der Waals surface area (Å²) in [5.74, 6) is 0.334. The Kier molecular flexibility index (Phi) is 5.58. The van der Waals surface area contributed by atoms with Gasteiger partial charge in [-0.15, -0.1) is 0 Å². The molecule has 6 nitrogen and oxygen atoms in total. The van der Waals surface area contributed by atoms with Crippen molar-refractivity contribution in [1.29, 1.82) is 0 Å². The Balaban J connectivity index is 1.81. The lowest BCUT2D eigenvalue weighted by Crippen LogP contribution is -2.41. The van der Waals surface area contributed by atoms with E-state index in [0.29, 0.717) is 37.7 Å². The number of carbonyl (C=O) groups excluding carboxylic acids is 2. The van der Waals surface area contributed by atoms with E-state index in [0.717, 1.165) is 25.0 Å². The van der Waals surface area contributed by atoms with Crippen LogP contribution in [-0.2, 0) is 14.3 Å². The quantitative estimate of drug-likeness (QED) is 0.786. The molecule has 0 spiro atoms. The summed E-state index contributed by atoms with van der Waals surface area (Å²) < 4.78 is 16.3. The molecular weight excluding hydrogens is 322 g/mol. The number of hydrogen-bond acceptors (Lipinski definition) is 5. The zero-order valence-corrected chi connectivity index (χ0v) is 14.8. The van der Waals surface area contributed by atoms with E-state index in [2.05, 4.69) is 0 Å². The van der Waals surface area contributed by atoms with Crippen molar-refractivity contribution < 1.29 is 23.8 Å². The summed E-state index contributed by atoms with van der Waals surface area (Å²) in [6.07, 6.45) is 1.80. The molecule has 0 radical (unpaired) electrons. The molecule has 2 heterocycles. The monoisotopic (exact) mass is 347 g/mol. The minimum absolute atomic E-state index is 0.0726. The smallest absolute Gasteiger partial charge is 0.338 e. The molecule has 2 aliphatic heterocycles. The molecule has 0 unspecified atom stereocenters. The Morgan fingerprint density at radius 2 is 2.16 bits per heavy atom. The van der Waals surface area contributed by atoms with Crippen LogP contribution in [0.1, 0.15) is 48.7 Å². The van der Waals surface area contributed by atoms with Crippen molar-refractivity contribution in [3.63, 3.8) is 0 Å². The lowest BCUT2D eigenvalue weighted by molar-refractivity contribution is -0.142. The van der Waals surface area contributed by atoms with Crippen LogP contribution in [0.4, 0.5) is 0 Å². The second-order valence-electron chi connectivity index (χ2n) is 6.44. The number of benzene rings is 1. The van der Waals surface area contributed by atoms with Crippen LogP contribution < -0.4 is 4.74 Å². The van der Waals surface area contributed by atoms with Gasteiger partial charge in [0.25, 0.3) is 0 Å². The molecule has 136 valence electrons. The predicted molar refractivity (Wildman–Crippen MR) is 91.6 cm³/mol. The number of ether oxygens (including phenoxy) is 3. The van der Waals surface area contributed by atoms with Gasteiger partial charge in [-0.25, -0.2) is 4.79 Å². The molecule has 0 aliphatic carbocycles. The van der Waals surface area contributed by atoms with Crippen LogP contribution in [0.3, 0.4) is 0 Å². The van der Waals surface area contributed by atoms with Crippen molar-refractivity contribution >= 4 is 11.9 Å². The fraction of sp³-hybridized carbons (Fsp3) is 0.579. The number of esters is 1. The molecule has 2 atom stereocenters. The third kappa shape index (κ3) is 3.79. The van der Waals surface area contributed by atoms with Crippen molar-refractivity contribution in [2.45, 2.75) is 32.7 Å². The van der Waals surface area contributed by atoms with Gasteiger partial charge in [0.05, 0.1) is 37.3 Å². The maximum absolute atomic E-state index is 12.9. The van der Waals surface area contributed by atoms with E-state index in [1.54, 1.807) is 19.1 Å². The number of carbonyl (C=O) groups is 2. The Morgan fingerprint density at radius 3 is 2.88 bits per heavy atom. The molecule has 6 heteroatoms. The first-order chi connectivity index (χ1) is 12.1. The van der Waals surface area contributed by atoms with Crippen molar-refractivity contribution in [2.24, 2.45) is 5.92 Å². The van der Waals surface area contributed by atoms with Crippen molar-refractivity contribution in [2.75, 3.05) is 33.0 Å². The highest BCUT2D eigenvalue weighted by atomic mass is 16.5. The van der Waals surface area contributed by atoms with Gasteiger partial charge in [-0.3, -0.25) is 4.79 Å². The van der Waals surface area contributed by atoms with Crippen LogP contribution in [0, 0.1) is 5.92 Å². The number of fused-ring (bicyclic) bond motifs is 1. The SMILES string of the molecule is CCOC(=O)c1ccc2c(c1)OCCN(C(=O)[C@@H]1CCCOC1)[C@H]2C. The van der Waals surface area contributed by atoms with Gasteiger partial charge in [-0.1, -0.05) is 6.07 Å². The van der Waals surface area contributed by atoms with Crippen LogP contribution in [-0.4, -0.2) is 49.7 Å². The van der Waals surface area contributed by atoms with E-state index in [-0.39, 0.29) is 23.8 Å². The van der Waals surface area contributed by atoms with Gasteiger partial charge in [-0.05, 0) is 38.8 Å². The van der Waals surface area contributed by atoms with Gasteiger partial charge < -0.3 is 19.1 Å². The molecule has 25 heavy (non-hydrogen) atoms. The van der Waals surface area contributed by atoms with E-state index in [1.807, 2.05) is 17.9 Å². The molecule has 3 rings (SSSR count). The average Bonchev–Trinajstić information content (AvgIpc) is 2.80. The highest BCUT2D eigenvalue weighted by Crippen LogP contribution is 2.34. The minimum Gasteiger partial charge on any atom is -0.491 e. The van der Waals surface area contributed by atoms with Gasteiger partial charge in [0.15, 0.2) is 0 Å². The molecule has 0 saturated carbocycles. The topological polar surface area (TPSA) is 65.1 Å². The second-order valence-corrected chi connectivity index (χ2v) is 6.44. The zero-order valence-electron chi connectivity index (χ0n) is 14.8. The average molecular weight is 347 g/mol. The van der Waals surface area contributed by atoms with Crippen molar-refractivity contribution in [3.05, 3.63) is 29.3 Å². The lowest BCUT2D eigenvalue weighted by atomic mass is 9.98. The van der Waals surface area contributed by atoms with Gasteiger partial charge in [0.1, 0.15) is 12.4 Å². The van der Waals surface area contributed by atoms with E-state index in [9.17, 15) is 9.59 Å². The summed E-state index contributed by atoms with van der Waals surface area (Å²) in [5.41, 5.74) is 1.38. The Bertz CT molecular complexity index is 639. The maximum atomic E-state index is 12.9. The summed E-state index contributed by atoms with van der Waals surface area (Å²) in [5, 5.41) is 0. The number of amides is 1. The highest BCUT2D eigenvalue weighted by Gasteiger charge is 2.32. The van der Waals surface area contributed by atoms with Crippen LogP contribution in [0.2, 0.25) is 0 Å². The molecule has 0 N–H and O–H groups in total. The highest BCUT2D eigenvalue weighted by molar-refractivity contribution is 5.90. The van der Waals surface area contributed by atoms with Gasteiger partial charge >= 0.3 is 5.97 Å². The van der Waals surface area contributed by atoms with Gasteiger partial charge in [0.2, 0.25) is 5.91 Å². The summed E-state index contributed by atoms with van der Waals surface area (Å²) in [7, 11) is 0. The Morgan fingerprint density at radius 1 is 1.32 bits per heavy atom. The van der Waals surface area contributed by atoms with E-state index in [1.165, 1.54) is 0 Å². The number of hydrogen-bond donors (Lipinski definition) is 0. The first kappa shape index (κ1) is 17.7. The molecule has 1 aromatic carbocycles. The molecule has 1 aromatic rings. The first-order valence-electron chi connectivity index (χ1n) is 8.94. The largest absolute Gasteiger partial charge is 0.491 e. The second kappa shape index (κ2) is 7.87. The zero-order chi connectivity index (χ0) is 17.8. The van der Waals surface area contributed by atoms with Crippen molar-refractivity contribution in [3.8, 4) is 5.75 Å². The van der Waals surface area contributed by atoms with Gasteiger partial charge in [-0.2, -0.15) is 0 Å². The molecule has 0 bridgehead atoms. The fourth-order valence-electron chi connectivity index (χ4n) is 3.43. The minimum atomic E-state index is -0.363. The maximum Gasteiger partial charge on any atom is 0.338 e. The summed E-state index contributed by atoms with van der Waals surface area (Å²) in [4.78, 5) is 26.7. The van der Waals surface area contributed by atoms with Crippen LogP contribution in [0.5, 0.6) is 5.75 Å². The standard InChI is InChI=1S/C19H25NO5/c1-3-24-19(22)14-6-7-16-13(2)20(8-10-25-17(16)11-14)18(21)15-5-4-9-23-12-15/h6-7,11,13,15H,3-5,8-10,12H2,1-2H3/t13-,15+/m0/s1. The molecule has 1 saturated heterocycles. The summed E-state index contributed by atoms with van der Waals surface area (Å²) in [6.45, 7) is 6.28. The molecule has 2 aliphatic rings. The lowest BCUT2D eigenvalue weighted by Gasteiger charge is -2.32. The molecule has 1 fully saturated rings. The normalized spacial score (nSPS) is 23.2. The molecular formula is C19H25NO5. The van der Waals surface area contributed by atoms with Gasteiger partial charge in [0, 0.05) is 12.2 Å². The first-order valence-corrected chi connectivity index (χ1v) is 8.94. The summed E-state index contributed by atoms with van der Waals surface area (Å²) >= 11 is 0. The Hall–Kier alpha value is -2.08. The third-order valence-electron chi connectivity index (χ3n) is 4.82. The Labute approximate surface area is 148 Å². The number of nitrogens with zero attached hydrogens (tertiary/aromatic N) is 1. The van der Waals surface area contributed by atoms with E-state index >= 15 is 0 Å². The van der Waals surface area contributed by atoms with Crippen molar-refractivity contribution in [1.82, 2.24) is 4.90 Å². The summed E-state index contributed by atoms with van der Waals surface area (Å²) in [6, 6.07) is 5.19. The van der Waals surface area contributed by atoms with E-state index in [4.69, 9.17) is 14.2 Å². The third-order valence-corrected chi connectivity index (χ3v) is 4.82. The van der Waals surface area contributed by atoms with E-state index < -0.39 is 0 Å². The van der Waals surface area contributed by atoms with Crippen LogP contribution in [0.15, 0.2) is 18.2 Å². The number of rotatable bonds is 3. The predicted octanol–water partition coefficient (Wildman–Crippen LogP) is 2.57. The molecule has 1 amide bonds. The van der Waals surface area contributed by atoms with Crippen LogP contribution in [0.25, 0.3) is 0 Å².